The van der Waals surface area contributed by atoms with Gasteiger partial charge >= 0.3 is 6.61 Å². The van der Waals surface area contributed by atoms with Crippen LogP contribution in [0.4, 0.5) is 8.78 Å². The van der Waals surface area contributed by atoms with Gasteiger partial charge in [-0.3, -0.25) is 4.79 Å². The average Bonchev–Trinajstić information content (AvgIpc) is 2.53. The van der Waals surface area contributed by atoms with Crippen LogP contribution in [0.1, 0.15) is 40.9 Å². The van der Waals surface area contributed by atoms with Crippen molar-refractivity contribution < 1.29 is 18.3 Å². The molecular formula is C18H19F2NO2. The maximum Gasteiger partial charge on any atom is 0.387 e. The van der Waals surface area contributed by atoms with E-state index in [1.165, 1.54) is 6.07 Å². The van der Waals surface area contributed by atoms with E-state index < -0.39 is 12.7 Å². The van der Waals surface area contributed by atoms with E-state index in [0.717, 1.165) is 5.56 Å². The van der Waals surface area contributed by atoms with Crippen molar-refractivity contribution in [1.29, 1.82) is 0 Å². The van der Waals surface area contributed by atoms with Crippen molar-refractivity contribution in [1.82, 2.24) is 5.32 Å². The van der Waals surface area contributed by atoms with E-state index >= 15 is 0 Å². The Labute approximate surface area is 134 Å². The summed E-state index contributed by atoms with van der Waals surface area (Å²) >= 11 is 0. The van der Waals surface area contributed by atoms with Gasteiger partial charge in [-0.2, -0.15) is 8.78 Å². The van der Waals surface area contributed by atoms with E-state index in [1.807, 2.05) is 26.0 Å². The molecule has 0 aliphatic rings. The Morgan fingerprint density at radius 1 is 1.13 bits per heavy atom. The smallest absolute Gasteiger partial charge is 0.387 e. The Kier molecular flexibility index (Phi) is 5.68. The zero-order valence-electron chi connectivity index (χ0n) is 13.1. The summed E-state index contributed by atoms with van der Waals surface area (Å²) in [4.78, 5) is 12.4. The molecule has 2 rings (SSSR count). The quantitative estimate of drug-likeness (QED) is 0.852. The third kappa shape index (κ3) is 4.28. The molecule has 0 aromatic heterocycles. The highest BCUT2D eigenvalue weighted by Gasteiger charge is 2.20. The molecule has 0 aliphatic carbocycles. The van der Waals surface area contributed by atoms with Gasteiger partial charge < -0.3 is 10.1 Å². The monoisotopic (exact) mass is 319 g/mol. The van der Waals surface area contributed by atoms with Gasteiger partial charge in [0.15, 0.2) is 0 Å². The molecule has 0 heterocycles. The Bertz CT molecular complexity index is 674. The predicted molar refractivity (Wildman–Crippen MR) is 84.8 cm³/mol. The maximum absolute atomic E-state index is 12.5. The van der Waals surface area contributed by atoms with Gasteiger partial charge in [-0.15, -0.1) is 0 Å². The van der Waals surface area contributed by atoms with Crippen LogP contribution in [0.5, 0.6) is 5.75 Å². The second-order valence-electron chi connectivity index (χ2n) is 5.17. The summed E-state index contributed by atoms with van der Waals surface area (Å²) in [6.45, 7) is 0.826. The van der Waals surface area contributed by atoms with Crippen LogP contribution in [0, 0.1) is 6.92 Å². The Balaban J connectivity index is 2.24. The summed E-state index contributed by atoms with van der Waals surface area (Å²) < 4.78 is 29.6. The third-order valence-corrected chi connectivity index (χ3v) is 3.61. The molecule has 0 fully saturated rings. The summed E-state index contributed by atoms with van der Waals surface area (Å²) in [6, 6.07) is 13.3. The lowest BCUT2D eigenvalue weighted by atomic mass is 10.0. The molecule has 3 nitrogen and oxygen atoms in total. The topological polar surface area (TPSA) is 38.3 Å². The lowest BCUT2D eigenvalue weighted by molar-refractivity contribution is -0.0506. The molecule has 122 valence electrons. The van der Waals surface area contributed by atoms with Gasteiger partial charge in [-0.25, -0.2) is 0 Å². The highest BCUT2D eigenvalue weighted by atomic mass is 19.3. The number of alkyl halides is 2. The number of rotatable bonds is 6. The van der Waals surface area contributed by atoms with E-state index in [2.05, 4.69) is 10.1 Å². The van der Waals surface area contributed by atoms with Crippen molar-refractivity contribution >= 4 is 5.91 Å². The molecule has 2 aromatic carbocycles. The van der Waals surface area contributed by atoms with Crippen molar-refractivity contribution in [3.05, 3.63) is 65.2 Å². The fourth-order valence-electron chi connectivity index (χ4n) is 2.44. The Morgan fingerprint density at radius 3 is 2.43 bits per heavy atom. The number of carbonyl (C=O) groups excluding carboxylic acids is 1. The van der Waals surface area contributed by atoms with Crippen molar-refractivity contribution in [2.75, 3.05) is 0 Å². The van der Waals surface area contributed by atoms with Crippen LogP contribution in [-0.4, -0.2) is 12.5 Å². The van der Waals surface area contributed by atoms with Crippen LogP contribution in [0.25, 0.3) is 0 Å². The number of carbonyl (C=O) groups is 1. The number of halogens is 2. The molecule has 1 unspecified atom stereocenters. The van der Waals surface area contributed by atoms with Crippen molar-refractivity contribution in [3.63, 3.8) is 0 Å². The lowest BCUT2D eigenvalue weighted by Crippen LogP contribution is -2.29. The van der Waals surface area contributed by atoms with Crippen LogP contribution in [0.2, 0.25) is 0 Å². The van der Waals surface area contributed by atoms with Crippen LogP contribution in [-0.2, 0) is 0 Å². The number of nitrogens with one attached hydrogen (secondary N) is 1. The number of hydrogen-bond acceptors (Lipinski definition) is 2. The zero-order valence-corrected chi connectivity index (χ0v) is 13.1. The molecule has 5 heteroatoms. The van der Waals surface area contributed by atoms with E-state index in [4.69, 9.17) is 0 Å². The second kappa shape index (κ2) is 7.72. The first-order chi connectivity index (χ1) is 11.0. The molecule has 1 atom stereocenters. The standard InChI is InChI=1S/C18H19F2NO2/c1-3-15(14-10-6-7-11-16(14)23-18(19)20)21-17(22)13-9-5-4-8-12(13)2/h4-11,15,18H,3H2,1-2H3,(H,21,22). The Morgan fingerprint density at radius 2 is 1.78 bits per heavy atom. The van der Waals surface area contributed by atoms with Gasteiger partial charge in [-0.1, -0.05) is 43.3 Å². The molecular weight excluding hydrogens is 300 g/mol. The summed E-state index contributed by atoms with van der Waals surface area (Å²) in [6.07, 6.45) is 0.557. The highest BCUT2D eigenvalue weighted by molar-refractivity contribution is 5.95. The van der Waals surface area contributed by atoms with Gasteiger partial charge in [0, 0.05) is 11.1 Å². The summed E-state index contributed by atoms with van der Waals surface area (Å²) in [5.74, 6) is -0.152. The van der Waals surface area contributed by atoms with Gasteiger partial charge in [0.25, 0.3) is 5.91 Å². The Hall–Kier alpha value is -2.43. The van der Waals surface area contributed by atoms with Crippen molar-refractivity contribution in [3.8, 4) is 5.75 Å². The van der Waals surface area contributed by atoms with Gasteiger partial charge in [-0.05, 0) is 31.0 Å². The second-order valence-corrected chi connectivity index (χ2v) is 5.17. The van der Waals surface area contributed by atoms with E-state index in [-0.39, 0.29) is 11.7 Å². The van der Waals surface area contributed by atoms with Gasteiger partial charge in [0.1, 0.15) is 5.75 Å². The number of aryl methyl sites for hydroxylation is 1. The van der Waals surface area contributed by atoms with E-state index in [0.29, 0.717) is 17.5 Å². The highest BCUT2D eigenvalue weighted by Crippen LogP contribution is 2.28. The van der Waals surface area contributed by atoms with Crippen LogP contribution < -0.4 is 10.1 Å². The van der Waals surface area contributed by atoms with Crippen LogP contribution in [0.3, 0.4) is 0 Å². The third-order valence-electron chi connectivity index (χ3n) is 3.61. The summed E-state index contributed by atoms with van der Waals surface area (Å²) in [5.41, 5.74) is 1.97. The molecule has 0 saturated carbocycles. The number of hydrogen-bond donors (Lipinski definition) is 1. The zero-order chi connectivity index (χ0) is 16.8. The molecule has 0 aliphatic heterocycles. The van der Waals surface area contributed by atoms with Gasteiger partial charge in [0.05, 0.1) is 6.04 Å². The van der Waals surface area contributed by atoms with E-state index in [1.54, 1.807) is 30.3 Å². The van der Waals surface area contributed by atoms with Crippen LogP contribution in [0.15, 0.2) is 48.5 Å². The summed E-state index contributed by atoms with van der Waals surface area (Å²) in [5, 5.41) is 2.89. The number of amides is 1. The number of benzene rings is 2. The first kappa shape index (κ1) is 16.9. The molecule has 1 N–H and O–H groups in total. The largest absolute Gasteiger partial charge is 0.434 e. The molecule has 23 heavy (non-hydrogen) atoms. The normalized spacial score (nSPS) is 12.0. The fraction of sp³-hybridized carbons (Fsp3) is 0.278. The fourth-order valence-corrected chi connectivity index (χ4v) is 2.44. The SMILES string of the molecule is CCC(NC(=O)c1ccccc1C)c1ccccc1OC(F)F. The predicted octanol–water partition coefficient (Wildman–Crippen LogP) is 4.48. The molecule has 2 aromatic rings. The first-order valence-corrected chi connectivity index (χ1v) is 7.43. The maximum atomic E-state index is 12.5. The minimum absolute atomic E-state index is 0.0828. The minimum atomic E-state index is -2.90. The lowest BCUT2D eigenvalue weighted by Gasteiger charge is -2.21. The first-order valence-electron chi connectivity index (χ1n) is 7.43. The average molecular weight is 319 g/mol. The molecule has 0 radical (unpaired) electrons. The summed E-state index contributed by atoms with van der Waals surface area (Å²) in [7, 11) is 0. The molecule has 0 saturated heterocycles. The number of para-hydroxylation sites is 1. The van der Waals surface area contributed by atoms with Crippen molar-refractivity contribution in [2.24, 2.45) is 0 Å². The minimum Gasteiger partial charge on any atom is -0.434 e. The molecule has 0 spiro atoms. The van der Waals surface area contributed by atoms with Gasteiger partial charge in [0.2, 0.25) is 0 Å². The molecule has 0 bridgehead atoms. The van der Waals surface area contributed by atoms with Crippen molar-refractivity contribution in [2.45, 2.75) is 32.9 Å². The van der Waals surface area contributed by atoms with E-state index in [9.17, 15) is 13.6 Å². The van der Waals surface area contributed by atoms with Crippen LogP contribution >= 0.6 is 0 Å². The molecule has 1 amide bonds. The number of ether oxygens (including phenoxy) is 1.